The van der Waals surface area contributed by atoms with Crippen molar-refractivity contribution < 1.29 is 26.2 Å². The van der Waals surface area contributed by atoms with Crippen molar-refractivity contribution in [3.8, 4) is 11.1 Å². The molecule has 1 N–H and O–H groups in total. The van der Waals surface area contributed by atoms with Crippen LogP contribution in [0.5, 0.6) is 0 Å². The molecule has 1 atom stereocenters. The molecule has 3 aromatic carbocycles. The molecule has 0 heterocycles. The smallest absolute Gasteiger partial charge is 0.675 e. The average Bonchev–Trinajstić information content (AvgIpc) is 3.07. The van der Waals surface area contributed by atoms with Crippen molar-refractivity contribution in [2.75, 3.05) is 0 Å². The van der Waals surface area contributed by atoms with Crippen molar-refractivity contribution in [3.63, 3.8) is 0 Å². The van der Waals surface area contributed by atoms with E-state index in [1.165, 1.54) is 58.7 Å². The number of hydrogen-bond acceptors (Lipinski definition) is 0. The summed E-state index contributed by atoms with van der Waals surface area (Å²) < 4.78 is 0. The van der Waals surface area contributed by atoms with Crippen LogP contribution in [-0.4, -0.2) is 16.3 Å². The first-order valence-corrected chi connectivity index (χ1v) is 14.1. The van der Waals surface area contributed by atoms with Gasteiger partial charge in [0.1, 0.15) is 0 Å². The van der Waals surface area contributed by atoms with Crippen LogP contribution in [0.15, 0.2) is 108 Å². The fraction of sp³-hybridized carbons (Fsp3) is 0.343. The van der Waals surface area contributed by atoms with E-state index in [-0.39, 0.29) is 39.7 Å². The topological polar surface area (TPSA) is 23.8 Å². The number of allylic oxidation sites excluding steroid dienone is 4. The molecule has 0 saturated heterocycles. The van der Waals surface area contributed by atoms with Gasteiger partial charge in [-0.2, -0.15) is 11.1 Å². The van der Waals surface area contributed by atoms with E-state index >= 15 is 0 Å². The van der Waals surface area contributed by atoms with Crippen LogP contribution >= 0.6 is 0 Å². The molecule has 1 unspecified atom stereocenters. The Kier molecular flexibility index (Phi) is 20.1. The molecule has 1 fully saturated rings. The fourth-order valence-corrected chi connectivity index (χ4v) is 4.45. The van der Waals surface area contributed by atoms with Crippen LogP contribution in [0.4, 0.5) is 0 Å². The Hall–Kier alpha value is -1.80. The summed E-state index contributed by atoms with van der Waals surface area (Å²) in [5.41, 5.74) is 14.2. The van der Waals surface area contributed by atoms with Gasteiger partial charge in [0.2, 0.25) is 0 Å². The first-order valence-electron chi connectivity index (χ1n) is 13.3. The molecular weight excluding hydrogens is 554 g/mol. The molecule has 1 nitrogen and oxygen atoms in total. The number of rotatable bonds is 1. The van der Waals surface area contributed by atoms with Crippen molar-refractivity contribution >= 4 is 15.4 Å². The predicted octanol–water partition coefficient (Wildman–Crippen LogP) is 9.23. The van der Waals surface area contributed by atoms with Crippen molar-refractivity contribution in [1.29, 1.82) is 0 Å². The first kappa shape index (κ1) is 36.2. The van der Waals surface area contributed by atoms with Gasteiger partial charge in [-0.3, -0.25) is 6.08 Å². The van der Waals surface area contributed by atoms with Gasteiger partial charge in [-0.15, -0.1) is 13.0 Å². The summed E-state index contributed by atoms with van der Waals surface area (Å²) in [6.07, 6.45) is 11.0. The zero-order chi connectivity index (χ0) is 26.2. The van der Waals surface area contributed by atoms with Gasteiger partial charge in [0.05, 0.1) is 0 Å². The van der Waals surface area contributed by atoms with Crippen molar-refractivity contribution in [2.45, 2.75) is 72.3 Å². The van der Waals surface area contributed by atoms with E-state index in [4.69, 9.17) is 5.73 Å². The van der Waals surface area contributed by atoms with Gasteiger partial charge < -0.3 is 13.2 Å². The summed E-state index contributed by atoms with van der Waals surface area (Å²) in [4.78, 5) is 0. The van der Waals surface area contributed by atoms with Crippen molar-refractivity contribution in [2.24, 2.45) is 5.92 Å². The quantitative estimate of drug-likeness (QED) is 0.151. The molecule has 3 heteroatoms. The van der Waals surface area contributed by atoms with E-state index in [0.29, 0.717) is 5.92 Å². The third-order valence-electron chi connectivity index (χ3n) is 6.82. The van der Waals surface area contributed by atoms with Crippen LogP contribution in [0.2, 0.25) is 0 Å². The van der Waals surface area contributed by atoms with E-state index in [1.54, 1.807) is 0 Å². The molecule has 0 amide bonds. The molecule has 3 aromatic rings. The van der Waals surface area contributed by atoms with Gasteiger partial charge in [0.15, 0.2) is 0 Å². The molecule has 1 saturated carbocycles. The summed E-state index contributed by atoms with van der Waals surface area (Å²) in [5, 5.41) is 1.35. The summed E-state index contributed by atoms with van der Waals surface area (Å²) in [6.45, 7) is 8.67. The zero-order valence-corrected chi connectivity index (χ0v) is 28.1. The molecule has 200 valence electrons. The standard InChI is InChI=1S/C12H10.C9H13.C7H14N.C6H7Si.CH3.Zr/c1-3-7-11(8-4-1)12-9-5-2-6-10-12;1-6-5-7(2)9(4)8(6)3;8-7-5-3-1-2-4-6-7;7-6-4-2-1-3-5-6;;/h1-10H;6H,1-4H3;7-8H,1-6H2;1-5H,7H2;1H3;/q;2*-1;;-1;+3. The maximum Gasteiger partial charge on any atom is 3.00 e. The van der Waals surface area contributed by atoms with Crippen LogP contribution in [0, 0.1) is 19.4 Å². The second kappa shape index (κ2) is 21.1. The van der Waals surface area contributed by atoms with E-state index in [1.807, 2.05) is 40.6 Å². The Morgan fingerprint density at radius 1 is 0.684 bits per heavy atom. The Bertz CT molecular complexity index is 1000. The Morgan fingerprint density at radius 2 is 1.08 bits per heavy atom. The SMILES string of the molecule is CC1=[C-]C(C)C(C)=C1C.[CH3-].[NH-]C1CCCCCC1.[SiH2]c1ccccc1.[Zr+3].c1ccc(-c2ccccc2)cc1. The normalized spacial score (nSPS) is 16.4. The van der Waals surface area contributed by atoms with Crippen LogP contribution < -0.4 is 5.19 Å². The molecule has 0 spiro atoms. The summed E-state index contributed by atoms with van der Waals surface area (Å²) in [5.74, 6) is 0.560. The Balaban J connectivity index is 0.000000482. The van der Waals surface area contributed by atoms with Gasteiger partial charge in [0.25, 0.3) is 0 Å². The predicted molar refractivity (Wildman–Crippen MR) is 169 cm³/mol. The van der Waals surface area contributed by atoms with Crippen molar-refractivity contribution in [1.82, 2.24) is 0 Å². The molecule has 0 aliphatic heterocycles. The monoisotopic (exact) mass is 599 g/mol. The molecule has 38 heavy (non-hydrogen) atoms. The van der Waals surface area contributed by atoms with E-state index in [2.05, 4.69) is 94.4 Å². The van der Waals surface area contributed by atoms with Crippen LogP contribution in [0.1, 0.15) is 66.2 Å². The maximum absolute atomic E-state index is 7.41. The van der Waals surface area contributed by atoms with Gasteiger partial charge in [0, 0.05) is 10.2 Å². The number of benzene rings is 3. The second-order valence-corrected chi connectivity index (χ2v) is 10.5. The zero-order valence-electron chi connectivity index (χ0n) is 24.3. The first-order chi connectivity index (χ1) is 17.4. The summed E-state index contributed by atoms with van der Waals surface area (Å²) in [6, 6.07) is 31.4. The molecule has 2 aliphatic carbocycles. The van der Waals surface area contributed by atoms with Gasteiger partial charge in [-0.1, -0.05) is 161 Å². The summed E-state index contributed by atoms with van der Waals surface area (Å²) >= 11 is 0. The minimum absolute atomic E-state index is 0. The van der Waals surface area contributed by atoms with Gasteiger partial charge in [-0.25, -0.2) is 5.57 Å². The van der Waals surface area contributed by atoms with Crippen LogP contribution in [0.25, 0.3) is 16.9 Å². The van der Waals surface area contributed by atoms with Crippen LogP contribution in [-0.2, 0) is 26.2 Å². The molecule has 0 bridgehead atoms. The van der Waals surface area contributed by atoms with E-state index in [0.717, 1.165) is 12.8 Å². The van der Waals surface area contributed by atoms with E-state index in [9.17, 15) is 0 Å². The molecule has 2 radical (unpaired) electrons. The second-order valence-electron chi connectivity index (χ2n) is 9.71. The molecule has 2 aliphatic rings. The number of hydrogen-bond donors (Lipinski definition) is 0. The molecular formula is C35H47NSiZr. The maximum atomic E-state index is 7.41. The van der Waals surface area contributed by atoms with Crippen LogP contribution in [0.3, 0.4) is 0 Å². The third-order valence-corrected chi connectivity index (χ3v) is 7.29. The van der Waals surface area contributed by atoms with E-state index < -0.39 is 0 Å². The molecule has 0 aromatic heterocycles. The average molecular weight is 601 g/mol. The minimum Gasteiger partial charge on any atom is -0.675 e. The fourth-order valence-electron chi connectivity index (χ4n) is 4.18. The number of nitrogens with one attached hydrogen (secondary N) is 1. The third kappa shape index (κ3) is 14.4. The largest absolute Gasteiger partial charge is 3.00 e. The Labute approximate surface area is 256 Å². The minimum atomic E-state index is 0. The van der Waals surface area contributed by atoms with Gasteiger partial charge in [-0.05, 0) is 11.1 Å². The Morgan fingerprint density at radius 3 is 1.34 bits per heavy atom. The molecule has 5 rings (SSSR count). The van der Waals surface area contributed by atoms with Crippen molar-refractivity contribution in [3.05, 3.63) is 127 Å². The summed E-state index contributed by atoms with van der Waals surface area (Å²) in [7, 11) is 1.90. The van der Waals surface area contributed by atoms with Gasteiger partial charge >= 0.3 is 26.2 Å².